The summed E-state index contributed by atoms with van der Waals surface area (Å²) in [7, 11) is 0. The number of hydrogen-bond acceptors (Lipinski definition) is 4. The SMILES string of the molecule is CCN1C(=O)[C@H](ONC(=O)c2cccc(C(C)=O)c2)CC1C. The van der Waals surface area contributed by atoms with E-state index >= 15 is 0 Å². The molecule has 1 saturated heterocycles. The molecule has 0 bridgehead atoms. The van der Waals surface area contributed by atoms with Gasteiger partial charge in [0.1, 0.15) is 0 Å². The third-order valence-electron chi connectivity index (χ3n) is 3.81. The fourth-order valence-corrected chi connectivity index (χ4v) is 2.57. The average Bonchev–Trinajstić information content (AvgIpc) is 2.78. The van der Waals surface area contributed by atoms with Gasteiger partial charge in [-0.05, 0) is 32.9 Å². The normalized spacial score (nSPS) is 21.0. The Hall–Kier alpha value is -2.21. The molecule has 6 heteroatoms. The Balaban J connectivity index is 1.97. The van der Waals surface area contributed by atoms with Crippen LogP contribution in [0.2, 0.25) is 0 Å². The summed E-state index contributed by atoms with van der Waals surface area (Å²) in [6.07, 6.45) is -0.115. The van der Waals surface area contributed by atoms with Crippen molar-refractivity contribution in [3.63, 3.8) is 0 Å². The minimum absolute atomic E-state index is 0.0976. The molecule has 1 aromatic rings. The van der Waals surface area contributed by atoms with Gasteiger partial charge >= 0.3 is 0 Å². The summed E-state index contributed by atoms with van der Waals surface area (Å²) in [5.41, 5.74) is 3.08. The summed E-state index contributed by atoms with van der Waals surface area (Å²) in [4.78, 5) is 42.4. The zero-order valence-electron chi connectivity index (χ0n) is 13.0. The van der Waals surface area contributed by atoms with Crippen LogP contribution in [0.25, 0.3) is 0 Å². The number of amides is 2. The highest BCUT2D eigenvalue weighted by molar-refractivity contribution is 5.99. The lowest BCUT2D eigenvalue weighted by molar-refractivity contribution is -0.140. The fourth-order valence-electron chi connectivity index (χ4n) is 2.57. The van der Waals surface area contributed by atoms with Gasteiger partial charge in [0.05, 0.1) is 0 Å². The van der Waals surface area contributed by atoms with Crippen molar-refractivity contribution in [1.82, 2.24) is 10.4 Å². The molecule has 118 valence electrons. The van der Waals surface area contributed by atoms with E-state index in [1.54, 1.807) is 23.1 Å². The molecule has 1 unspecified atom stereocenters. The summed E-state index contributed by atoms with van der Waals surface area (Å²) in [6.45, 7) is 5.91. The van der Waals surface area contributed by atoms with E-state index in [2.05, 4.69) is 5.48 Å². The van der Waals surface area contributed by atoms with Crippen LogP contribution in [0.1, 0.15) is 47.9 Å². The number of ketones is 1. The van der Waals surface area contributed by atoms with Crippen LogP contribution in [0.5, 0.6) is 0 Å². The predicted molar refractivity (Wildman–Crippen MR) is 80.3 cm³/mol. The largest absolute Gasteiger partial charge is 0.338 e. The van der Waals surface area contributed by atoms with E-state index in [0.29, 0.717) is 24.1 Å². The number of rotatable bonds is 5. The van der Waals surface area contributed by atoms with Crippen LogP contribution < -0.4 is 5.48 Å². The average molecular weight is 304 g/mol. The van der Waals surface area contributed by atoms with Gasteiger partial charge in [-0.2, -0.15) is 0 Å². The van der Waals surface area contributed by atoms with Crippen LogP contribution in [-0.4, -0.2) is 41.2 Å². The van der Waals surface area contributed by atoms with E-state index in [9.17, 15) is 14.4 Å². The quantitative estimate of drug-likeness (QED) is 0.661. The maximum atomic E-state index is 12.0. The lowest BCUT2D eigenvalue weighted by Crippen LogP contribution is -2.37. The molecular weight excluding hydrogens is 284 g/mol. The van der Waals surface area contributed by atoms with Crippen molar-refractivity contribution in [2.24, 2.45) is 0 Å². The molecule has 2 rings (SSSR count). The van der Waals surface area contributed by atoms with Crippen LogP contribution in [0.4, 0.5) is 0 Å². The highest BCUT2D eigenvalue weighted by atomic mass is 16.7. The van der Waals surface area contributed by atoms with Gasteiger partial charge in [0.15, 0.2) is 11.9 Å². The standard InChI is InChI=1S/C16H20N2O4/c1-4-18-10(2)8-14(16(18)21)22-17-15(20)13-7-5-6-12(9-13)11(3)19/h5-7,9-10,14H,4,8H2,1-3H3,(H,17,20)/t10?,14-/m1/s1. The number of hydroxylamine groups is 1. The molecule has 2 atom stereocenters. The second-order valence-electron chi connectivity index (χ2n) is 5.38. The molecule has 1 aromatic carbocycles. The van der Waals surface area contributed by atoms with Gasteiger partial charge in [0.2, 0.25) is 0 Å². The Morgan fingerprint density at radius 1 is 1.36 bits per heavy atom. The molecule has 0 aromatic heterocycles. The fraction of sp³-hybridized carbons (Fsp3) is 0.438. The summed E-state index contributed by atoms with van der Waals surface area (Å²) in [5.74, 6) is -0.708. The van der Waals surface area contributed by atoms with Crippen LogP contribution in [0.15, 0.2) is 24.3 Å². The summed E-state index contributed by atoms with van der Waals surface area (Å²) >= 11 is 0. The Morgan fingerprint density at radius 3 is 2.64 bits per heavy atom. The predicted octanol–water partition coefficient (Wildman–Crippen LogP) is 1.56. The summed E-state index contributed by atoms with van der Waals surface area (Å²) in [6, 6.07) is 6.45. The molecule has 0 spiro atoms. The molecule has 0 saturated carbocycles. The number of hydrogen-bond donors (Lipinski definition) is 1. The summed E-state index contributed by atoms with van der Waals surface area (Å²) < 4.78 is 0. The van der Waals surface area contributed by atoms with Gasteiger partial charge in [0.25, 0.3) is 11.8 Å². The van der Waals surface area contributed by atoms with Crippen molar-refractivity contribution >= 4 is 17.6 Å². The molecule has 1 aliphatic heterocycles. The lowest BCUT2D eigenvalue weighted by Gasteiger charge is -2.18. The lowest BCUT2D eigenvalue weighted by atomic mass is 10.1. The first-order valence-electron chi connectivity index (χ1n) is 7.31. The molecule has 6 nitrogen and oxygen atoms in total. The Morgan fingerprint density at radius 2 is 2.05 bits per heavy atom. The molecule has 0 radical (unpaired) electrons. The molecule has 22 heavy (non-hydrogen) atoms. The maximum Gasteiger partial charge on any atom is 0.274 e. The number of nitrogens with one attached hydrogen (secondary N) is 1. The van der Waals surface area contributed by atoms with E-state index < -0.39 is 12.0 Å². The zero-order chi connectivity index (χ0) is 16.3. The highest BCUT2D eigenvalue weighted by Gasteiger charge is 2.37. The van der Waals surface area contributed by atoms with Gasteiger partial charge in [0, 0.05) is 30.1 Å². The van der Waals surface area contributed by atoms with Crippen molar-refractivity contribution in [2.45, 2.75) is 39.3 Å². The monoisotopic (exact) mass is 304 g/mol. The molecule has 2 amide bonds. The van der Waals surface area contributed by atoms with Crippen molar-refractivity contribution in [3.8, 4) is 0 Å². The molecular formula is C16H20N2O4. The molecule has 1 fully saturated rings. The minimum Gasteiger partial charge on any atom is -0.338 e. The molecule has 1 aliphatic rings. The third kappa shape index (κ3) is 3.33. The molecule has 1 heterocycles. The molecule has 1 N–H and O–H groups in total. The number of carbonyl (C=O) groups excluding carboxylic acids is 3. The van der Waals surface area contributed by atoms with Gasteiger partial charge in [-0.1, -0.05) is 12.1 Å². The second-order valence-corrected chi connectivity index (χ2v) is 5.38. The Bertz CT molecular complexity index is 600. The van der Waals surface area contributed by atoms with Crippen LogP contribution in [-0.2, 0) is 9.63 Å². The smallest absolute Gasteiger partial charge is 0.274 e. The van der Waals surface area contributed by atoms with Crippen molar-refractivity contribution < 1.29 is 19.2 Å². The van der Waals surface area contributed by atoms with Gasteiger partial charge in [-0.3, -0.25) is 19.2 Å². The number of Topliss-reactive ketones (excluding diaryl/α,β-unsaturated/α-hetero) is 1. The number of benzene rings is 1. The van der Waals surface area contributed by atoms with E-state index in [1.807, 2.05) is 13.8 Å². The molecule has 0 aliphatic carbocycles. The van der Waals surface area contributed by atoms with Gasteiger partial charge < -0.3 is 4.90 Å². The Kier molecular flexibility index (Phi) is 4.92. The van der Waals surface area contributed by atoms with Gasteiger partial charge in [-0.25, -0.2) is 5.48 Å². The topological polar surface area (TPSA) is 75.7 Å². The first-order valence-corrected chi connectivity index (χ1v) is 7.31. The van der Waals surface area contributed by atoms with Crippen molar-refractivity contribution in [3.05, 3.63) is 35.4 Å². The number of nitrogens with zero attached hydrogens (tertiary/aromatic N) is 1. The van der Waals surface area contributed by atoms with Crippen LogP contribution in [0, 0.1) is 0 Å². The first-order chi connectivity index (χ1) is 10.4. The number of likely N-dealkylation sites (N-methyl/N-ethyl adjacent to an activating group) is 1. The van der Waals surface area contributed by atoms with Gasteiger partial charge in [-0.15, -0.1) is 0 Å². The second kappa shape index (κ2) is 6.70. The first kappa shape index (κ1) is 16.2. The van der Waals surface area contributed by atoms with Crippen molar-refractivity contribution in [1.29, 1.82) is 0 Å². The van der Waals surface area contributed by atoms with E-state index in [-0.39, 0.29) is 17.7 Å². The van der Waals surface area contributed by atoms with Crippen molar-refractivity contribution in [2.75, 3.05) is 6.54 Å². The summed E-state index contributed by atoms with van der Waals surface area (Å²) in [5, 5.41) is 0. The third-order valence-corrected chi connectivity index (χ3v) is 3.81. The van der Waals surface area contributed by atoms with E-state index in [0.717, 1.165) is 0 Å². The van der Waals surface area contributed by atoms with Crippen LogP contribution >= 0.6 is 0 Å². The minimum atomic E-state index is -0.658. The zero-order valence-corrected chi connectivity index (χ0v) is 13.0. The number of likely N-dealkylation sites (tertiary alicyclic amines) is 1. The Labute approximate surface area is 129 Å². The highest BCUT2D eigenvalue weighted by Crippen LogP contribution is 2.20. The van der Waals surface area contributed by atoms with E-state index in [4.69, 9.17) is 4.84 Å². The van der Waals surface area contributed by atoms with Crippen LogP contribution in [0.3, 0.4) is 0 Å². The van der Waals surface area contributed by atoms with E-state index in [1.165, 1.54) is 13.0 Å². The number of carbonyl (C=O) groups is 3. The maximum absolute atomic E-state index is 12.0.